The van der Waals surface area contributed by atoms with Crippen molar-refractivity contribution in [2.75, 3.05) is 13.7 Å². The number of cyclic esters (lactones) is 1. The molecule has 51 heavy (non-hydrogen) atoms. The van der Waals surface area contributed by atoms with Crippen LogP contribution in [0.1, 0.15) is 105 Å². The number of carbonyl (C=O) groups is 2. The van der Waals surface area contributed by atoms with E-state index in [1.165, 1.54) is 0 Å². The number of aliphatic hydroxyl groups is 1. The zero-order valence-corrected chi connectivity index (χ0v) is 34.3. The van der Waals surface area contributed by atoms with Crippen molar-refractivity contribution in [2.45, 2.75) is 143 Å². The van der Waals surface area contributed by atoms with E-state index in [0.29, 0.717) is 31.5 Å². The first-order chi connectivity index (χ1) is 23.9. The highest BCUT2D eigenvalue weighted by Crippen LogP contribution is 2.41. The predicted octanol–water partition coefficient (Wildman–Crippen LogP) is 8.77. The summed E-state index contributed by atoms with van der Waals surface area (Å²) in [6.45, 7) is 21.0. The van der Waals surface area contributed by atoms with Crippen LogP contribution in [0.3, 0.4) is 0 Å². The first-order valence-corrected chi connectivity index (χ1v) is 22.2. The zero-order valence-electron chi connectivity index (χ0n) is 33.3. The lowest BCUT2D eigenvalue weighted by atomic mass is 9.81. The Morgan fingerprint density at radius 1 is 1.00 bits per heavy atom. The summed E-state index contributed by atoms with van der Waals surface area (Å²) >= 11 is 0. The molecule has 1 heterocycles. The molecule has 1 aromatic rings. The van der Waals surface area contributed by atoms with Gasteiger partial charge >= 0.3 is 5.97 Å². The lowest BCUT2D eigenvalue weighted by molar-refractivity contribution is -0.155. The molecular weight excluding hydrogens is 659 g/mol. The Balaban J connectivity index is 1.90. The molecule has 8 nitrogen and oxygen atoms in total. The van der Waals surface area contributed by atoms with Crippen molar-refractivity contribution in [1.29, 1.82) is 0 Å². The van der Waals surface area contributed by atoms with Gasteiger partial charge in [-0.15, -0.1) is 0 Å². The molecule has 0 bridgehead atoms. The zero-order chi connectivity index (χ0) is 37.9. The van der Waals surface area contributed by atoms with Crippen LogP contribution in [0, 0.1) is 35.5 Å². The van der Waals surface area contributed by atoms with Crippen molar-refractivity contribution in [1.82, 2.24) is 0 Å². The summed E-state index contributed by atoms with van der Waals surface area (Å²) in [5, 5.41) is 11.2. The summed E-state index contributed by atoms with van der Waals surface area (Å²) in [5.74, 6) is 1.09. The third-order valence-corrected chi connectivity index (χ3v) is 16.3. The van der Waals surface area contributed by atoms with E-state index in [0.717, 1.165) is 49.8 Å². The lowest BCUT2D eigenvalue weighted by Gasteiger charge is -2.41. The topological polar surface area (TPSA) is 117 Å². The Morgan fingerprint density at radius 3 is 2.25 bits per heavy atom. The van der Waals surface area contributed by atoms with Crippen molar-refractivity contribution < 1.29 is 33.3 Å². The van der Waals surface area contributed by atoms with Gasteiger partial charge in [0.05, 0.1) is 39.0 Å². The van der Waals surface area contributed by atoms with Gasteiger partial charge < -0.3 is 29.5 Å². The highest BCUT2D eigenvalue weighted by Gasteiger charge is 2.42. The van der Waals surface area contributed by atoms with E-state index in [9.17, 15) is 14.7 Å². The first-order valence-electron chi connectivity index (χ1n) is 19.3. The van der Waals surface area contributed by atoms with Gasteiger partial charge in [0.25, 0.3) is 0 Å². The van der Waals surface area contributed by atoms with Gasteiger partial charge in [-0.3, -0.25) is 9.59 Å². The second-order valence-corrected chi connectivity index (χ2v) is 22.1. The number of methoxy groups -OCH3 is 1. The summed E-state index contributed by atoms with van der Waals surface area (Å²) in [5.41, 5.74) is 7.05. The molecule has 0 aromatic heterocycles. The summed E-state index contributed by atoms with van der Waals surface area (Å²) in [7, 11) is -0.527. The molecule has 9 heteroatoms. The summed E-state index contributed by atoms with van der Waals surface area (Å²) in [6.07, 6.45) is 10.2. The number of hydrogen-bond acceptors (Lipinski definition) is 7. The van der Waals surface area contributed by atoms with E-state index in [1.807, 2.05) is 37.3 Å². The lowest BCUT2D eigenvalue weighted by Crippen LogP contribution is -2.46. The number of benzene rings is 1. The smallest absolute Gasteiger partial charge is 0.308 e. The van der Waals surface area contributed by atoms with Crippen molar-refractivity contribution in [3.63, 3.8) is 0 Å². The average molecular weight is 728 g/mol. The number of ether oxygens (including phenoxy) is 3. The number of aliphatic hydroxyl groups excluding tert-OH is 1. The van der Waals surface area contributed by atoms with Crippen LogP contribution in [0.5, 0.6) is 5.75 Å². The van der Waals surface area contributed by atoms with Crippen molar-refractivity contribution in [2.24, 2.45) is 41.2 Å². The Hall–Kier alpha value is -2.46. The van der Waals surface area contributed by atoms with Gasteiger partial charge in [0.2, 0.25) is 5.91 Å². The molecule has 1 fully saturated rings. The maximum Gasteiger partial charge on any atom is 0.308 e. The van der Waals surface area contributed by atoms with E-state index in [1.54, 1.807) is 19.3 Å². The number of amides is 1. The fraction of sp³-hybridized carbons (Fsp3) is 0.714. The number of hydrogen-bond donors (Lipinski definition) is 2. The highest BCUT2D eigenvalue weighted by atomic mass is 28.4. The van der Waals surface area contributed by atoms with Gasteiger partial charge in [-0.25, -0.2) is 0 Å². The monoisotopic (exact) mass is 727 g/mol. The maximum absolute atomic E-state index is 14.0. The second kappa shape index (κ2) is 19.6. The van der Waals surface area contributed by atoms with Crippen LogP contribution in [-0.2, 0) is 30.1 Å². The summed E-state index contributed by atoms with van der Waals surface area (Å²) in [6, 6.07) is 7.90. The number of esters is 1. The van der Waals surface area contributed by atoms with E-state index < -0.39 is 20.3 Å². The molecule has 1 aromatic carbocycles. The van der Waals surface area contributed by atoms with Gasteiger partial charge in [0.15, 0.2) is 8.32 Å². The molecule has 1 aliphatic carbocycles. The number of allylic oxidation sites excluding steroid dienone is 2. The van der Waals surface area contributed by atoms with Crippen molar-refractivity contribution >= 4 is 20.2 Å². The maximum atomic E-state index is 14.0. The largest absolute Gasteiger partial charge is 0.497 e. The second-order valence-electron chi connectivity index (χ2n) is 17.3. The van der Waals surface area contributed by atoms with Crippen LogP contribution < -0.4 is 10.5 Å². The predicted molar refractivity (Wildman–Crippen MR) is 208 cm³/mol. The van der Waals surface area contributed by atoms with E-state index >= 15 is 0 Å². The number of nitrogens with two attached hydrogens (primary N) is 1. The van der Waals surface area contributed by atoms with Crippen LogP contribution in [0.4, 0.5) is 0 Å². The SMILES string of the molecule is COc1ccc(COC[C@@H]2CCC[C@H]2[C@@H]2C/C=C/C=C(/C(N)=O)[C@@H](O)[C@@H](C)C[C@H](C)C[C@H](C)C[C@H](C)[C@@H](O[Si](C)(C)C(C)(C)C)CC(=O)O2)cc1. The summed E-state index contributed by atoms with van der Waals surface area (Å²) < 4.78 is 25.0. The molecule has 0 saturated heterocycles. The number of rotatable bonds is 9. The fourth-order valence-electron chi connectivity index (χ4n) is 7.86. The summed E-state index contributed by atoms with van der Waals surface area (Å²) in [4.78, 5) is 26.4. The van der Waals surface area contributed by atoms with E-state index in [-0.39, 0.29) is 58.9 Å². The van der Waals surface area contributed by atoms with Crippen LogP contribution in [0.2, 0.25) is 18.1 Å². The van der Waals surface area contributed by atoms with E-state index in [4.69, 9.17) is 24.4 Å². The highest BCUT2D eigenvalue weighted by molar-refractivity contribution is 6.74. The normalized spacial score (nSPS) is 32.6. The minimum absolute atomic E-state index is 0.00718. The average Bonchev–Trinajstić information content (AvgIpc) is 3.50. The quantitative estimate of drug-likeness (QED) is 0.193. The van der Waals surface area contributed by atoms with Crippen LogP contribution in [0.25, 0.3) is 0 Å². The molecule has 1 amide bonds. The van der Waals surface area contributed by atoms with Crippen molar-refractivity contribution in [3.05, 3.63) is 53.6 Å². The standard InChI is InChI=1S/C42H69NO7Si/c1-28-22-29(2)24-31(4)40(45)36(41(43)46)15-11-12-17-37(49-39(44)25-38(30(3)23-28)50-51(9,10)42(5,6)7)35-16-13-14-33(35)27-48-26-32-18-20-34(47-8)21-19-32/h11-12,15,18-21,28-31,33,35,37-38,40,45H,13-14,16-17,22-27H2,1-10H3,(H2,43,46)/b12-11+,36-15+/t28-,29+,30-,31-,33-,35+,37-,38-,40-/m0/s1. The molecule has 3 N–H and O–H groups in total. The fourth-order valence-corrected chi connectivity index (χ4v) is 9.29. The minimum atomic E-state index is -2.18. The Labute approximate surface area is 310 Å². The molecule has 0 spiro atoms. The van der Waals surface area contributed by atoms with E-state index in [2.05, 4.69) is 54.6 Å². The molecule has 0 radical (unpaired) electrons. The molecule has 2 aliphatic rings. The van der Waals surface area contributed by atoms with Gasteiger partial charge in [0, 0.05) is 17.9 Å². The molecule has 3 rings (SSSR count). The number of primary amides is 1. The Bertz CT molecular complexity index is 1300. The first kappa shape index (κ1) is 42.9. The molecular formula is C42H69NO7Si. The molecule has 288 valence electrons. The third kappa shape index (κ3) is 13.2. The van der Waals surface area contributed by atoms with Crippen LogP contribution in [0.15, 0.2) is 48.1 Å². The van der Waals surface area contributed by atoms with Crippen LogP contribution >= 0.6 is 0 Å². The Kier molecular flexibility index (Phi) is 16.5. The molecule has 9 atom stereocenters. The van der Waals surface area contributed by atoms with Gasteiger partial charge in [0.1, 0.15) is 11.9 Å². The molecule has 1 saturated carbocycles. The third-order valence-electron chi connectivity index (χ3n) is 11.8. The van der Waals surface area contributed by atoms with Gasteiger partial charge in [-0.2, -0.15) is 0 Å². The van der Waals surface area contributed by atoms with Gasteiger partial charge in [-0.1, -0.05) is 85.2 Å². The van der Waals surface area contributed by atoms with Crippen molar-refractivity contribution in [3.8, 4) is 5.75 Å². The molecule has 1 aliphatic heterocycles. The Morgan fingerprint density at radius 2 is 1.65 bits per heavy atom. The minimum Gasteiger partial charge on any atom is -0.497 e. The number of carbonyl (C=O) groups excluding carboxylic acids is 2. The molecule has 0 unspecified atom stereocenters. The van der Waals surface area contributed by atoms with Gasteiger partial charge in [-0.05, 0) is 97.5 Å². The van der Waals surface area contributed by atoms with Crippen LogP contribution in [-0.4, -0.2) is 57.3 Å².